The second-order valence-electron chi connectivity index (χ2n) is 2.99. The number of nitrogens with one attached hydrogen (secondary N) is 1. The molecule has 0 heterocycles. The molecule has 0 fully saturated rings. The maximum Gasteiger partial charge on any atom is 0.183 e. The van der Waals surface area contributed by atoms with Gasteiger partial charge in [0.25, 0.3) is 0 Å². The Bertz CT molecular complexity index is 207. The molecule has 74 valence electrons. The maximum atomic E-state index is 8.40. The molecule has 0 bridgehead atoms. The monoisotopic (exact) mass is 200 g/mol. The molecule has 13 heavy (non-hydrogen) atoms. The van der Waals surface area contributed by atoms with Gasteiger partial charge in [-0.1, -0.05) is 11.8 Å². The average Bonchev–Trinajstić information content (AvgIpc) is 2.02. The van der Waals surface area contributed by atoms with Crippen molar-refractivity contribution in [3.8, 4) is 6.19 Å². The van der Waals surface area contributed by atoms with E-state index < -0.39 is 0 Å². The standard InChI is InChI=1S/C8H16N4S/c1-7(5-12(2)3)11-8(13-4)10-6-9/h7H,5H2,1-4H3,(H,10,11). The minimum Gasteiger partial charge on any atom is -0.307 e. The highest BCUT2D eigenvalue weighted by atomic mass is 32.2. The average molecular weight is 200 g/mol. The largest absolute Gasteiger partial charge is 0.307 e. The van der Waals surface area contributed by atoms with Crippen LogP contribution in [0.15, 0.2) is 4.99 Å². The van der Waals surface area contributed by atoms with Crippen LogP contribution in [0.1, 0.15) is 6.92 Å². The molecular weight excluding hydrogens is 184 g/mol. The van der Waals surface area contributed by atoms with E-state index in [2.05, 4.69) is 15.2 Å². The topological polar surface area (TPSA) is 51.4 Å². The third-order valence-corrected chi connectivity index (χ3v) is 1.92. The van der Waals surface area contributed by atoms with Crippen LogP contribution >= 0.6 is 11.8 Å². The van der Waals surface area contributed by atoms with Crippen molar-refractivity contribution in [2.24, 2.45) is 4.99 Å². The Hall–Kier alpha value is -0.730. The first kappa shape index (κ1) is 12.3. The van der Waals surface area contributed by atoms with Gasteiger partial charge in [-0.2, -0.15) is 5.26 Å². The SMILES string of the molecule is CSC(=NC(C)CN(C)C)NC#N. The number of hydrogen-bond acceptors (Lipinski definition) is 4. The molecule has 0 aliphatic rings. The Kier molecular flexibility index (Phi) is 6.37. The van der Waals surface area contributed by atoms with Crippen LogP contribution in [0.5, 0.6) is 0 Å². The van der Waals surface area contributed by atoms with E-state index in [1.54, 1.807) is 0 Å². The van der Waals surface area contributed by atoms with E-state index in [4.69, 9.17) is 5.26 Å². The van der Waals surface area contributed by atoms with E-state index in [1.165, 1.54) is 11.8 Å². The van der Waals surface area contributed by atoms with Crippen molar-refractivity contribution in [3.05, 3.63) is 0 Å². The summed E-state index contributed by atoms with van der Waals surface area (Å²) < 4.78 is 0. The Morgan fingerprint density at radius 2 is 2.31 bits per heavy atom. The van der Waals surface area contributed by atoms with Crippen molar-refractivity contribution < 1.29 is 0 Å². The number of rotatable bonds is 3. The smallest absolute Gasteiger partial charge is 0.183 e. The van der Waals surface area contributed by atoms with Gasteiger partial charge in [0.2, 0.25) is 0 Å². The Labute approximate surface area is 84.0 Å². The first-order chi connectivity index (χ1) is 6.10. The lowest BCUT2D eigenvalue weighted by molar-refractivity contribution is 0.384. The number of hydrogen-bond donors (Lipinski definition) is 1. The van der Waals surface area contributed by atoms with Crippen LogP contribution in [0.3, 0.4) is 0 Å². The molecule has 0 saturated carbocycles. The summed E-state index contributed by atoms with van der Waals surface area (Å²) >= 11 is 1.45. The molecule has 0 aliphatic heterocycles. The lowest BCUT2D eigenvalue weighted by atomic mass is 10.3. The summed E-state index contributed by atoms with van der Waals surface area (Å²) in [6, 6.07) is 0.207. The minimum atomic E-state index is 0.207. The van der Waals surface area contributed by atoms with Gasteiger partial charge < -0.3 is 4.90 Å². The summed E-state index contributed by atoms with van der Waals surface area (Å²) in [6.07, 6.45) is 3.76. The number of aliphatic imine (C=N–C) groups is 1. The Balaban J connectivity index is 4.09. The molecule has 1 N–H and O–H groups in total. The molecule has 0 aromatic rings. The Morgan fingerprint density at radius 3 is 2.69 bits per heavy atom. The third-order valence-electron chi connectivity index (χ3n) is 1.32. The summed E-state index contributed by atoms with van der Waals surface area (Å²) in [4.78, 5) is 6.40. The highest BCUT2D eigenvalue weighted by molar-refractivity contribution is 8.13. The van der Waals surface area contributed by atoms with E-state index in [-0.39, 0.29) is 6.04 Å². The quantitative estimate of drug-likeness (QED) is 0.316. The van der Waals surface area contributed by atoms with Crippen LogP contribution in [0.25, 0.3) is 0 Å². The molecule has 5 heteroatoms. The van der Waals surface area contributed by atoms with Crippen LogP contribution in [0.4, 0.5) is 0 Å². The predicted octanol–water partition coefficient (Wildman–Crippen LogP) is 0.726. The lowest BCUT2D eigenvalue weighted by Gasteiger charge is -2.13. The summed E-state index contributed by atoms with van der Waals surface area (Å²) in [5.74, 6) is 0. The van der Waals surface area contributed by atoms with Crippen molar-refractivity contribution in [2.75, 3.05) is 26.9 Å². The molecule has 0 aromatic carbocycles. The normalized spacial score (nSPS) is 14.0. The second kappa shape index (κ2) is 6.75. The van der Waals surface area contributed by atoms with Crippen LogP contribution in [0.2, 0.25) is 0 Å². The fourth-order valence-corrected chi connectivity index (χ4v) is 1.39. The molecule has 0 aliphatic carbocycles. The van der Waals surface area contributed by atoms with Crippen LogP contribution in [-0.2, 0) is 0 Å². The fraction of sp³-hybridized carbons (Fsp3) is 0.750. The van der Waals surface area contributed by atoms with Crippen molar-refractivity contribution in [3.63, 3.8) is 0 Å². The Morgan fingerprint density at radius 1 is 1.69 bits per heavy atom. The van der Waals surface area contributed by atoms with Gasteiger partial charge in [0, 0.05) is 6.54 Å². The second-order valence-corrected chi connectivity index (χ2v) is 3.78. The van der Waals surface area contributed by atoms with Crippen molar-refractivity contribution >= 4 is 16.9 Å². The minimum absolute atomic E-state index is 0.207. The van der Waals surface area contributed by atoms with Crippen molar-refractivity contribution in [1.82, 2.24) is 10.2 Å². The number of nitriles is 1. The van der Waals surface area contributed by atoms with Crippen LogP contribution in [0, 0.1) is 11.5 Å². The summed E-state index contributed by atoms with van der Waals surface area (Å²) in [6.45, 7) is 2.91. The molecule has 1 atom stereocenters. The highest BCUT2D eigenvalue weighted by Gasteiger charge is 2.02. The van der Waals surface area contributed by atoms with Gasteiger partial charge in [0.15, 0.2) is 11.4 Å². The van der Waals surface area contributed by atoms with Gasteiger partial charge in [-0.05, 0) is 27.3 Å². The first-order valence-electron chi connectivity index (χ1n) is 4.01. The van der Waals surface area contributed by atoms with E-state index in [9.17, 15) is 0 Å². The molecule has 0 spiro atoms. The van der Waals surface area contributed by atoms with Crippen molar-refractivity contribution in [1.29, 1.82) is 5.26 Å². The van der Waals surface area contributed by atoms with E-state index in [0.29, 0.717) is 5.17 Å². The molecular formula is C8H16N4S. The first-order valence-corrected chi connectivity index (χ1v) is 5.24. The molecule has 0 rings (SSSR count). The maximum absolute atomic E-state index is 8.40. The summed E-state index contributed by atoms with van der Waals surface area (Å²) in [5, 5.41) is 11.6. The summed E-state index contributed by atoms with van der Waals surface area (Å²) in [7, 11) is 4.00. The molecule has 0 aromatic heterocycles. The van der Waals surface area contributed by atoms with Crippen LogP contribution in [-0.4, -0.2) is 43.0 Å². The zero-order valence-electron chi connectivity index (χ0n) is 8.53. The number of thioether (sulfide) groups is 1. The number of amidine groups is 1. The van der Waals surface area contributed by atoms with E-state index >= 15 is 0 Å². The van der Waals surface area contributed by atoms with Gasteiger partial charge >= 0.3 is 0 Å². The predicted molar refractivity (Wildman–Crippen MR) is 57.7 cm³/mol. The van der Waals surface area contributed by atoms with E-state index in [0.717, 1.165) is 6.54 Å². The van der Waals surface area contributed by atoms with E-state index in [1.807, 2.05) is 33.5 Å². The van der Waals surface area contributed by atoms with Gasteiger partial charge in [0.1, 0.15) is 0 Å². The number of likely N-dealkylation sites (N-methyl/N-ethyl adjacent to an activating group) is 1. The van der Waals surface area contributed by atoms with Gasteiger partial charge in [-0.25, -0.2) is 0 Å². The summed E-state index contributed by atoms with van der Waals surface area (Å²) in [5.41, 5.74) is 0. The van der Waals surface area contributed by atoms with Crippen molar-refractivity contribution in [2.45, 2.75) is 13.0 Å². The van der Waals surface area contributed by atoms with Gasteiger partial charge in [0.05, 0.1) is 6.04 Å². The van der Waals surface area contributed by atoms with Crippen LogP contribution < -0.4 is 5.32 Å². The molecule has 0 radical (unpaired) electrons. The molecule has 4 nitrogen and oxygen atoms in total. The zero-order valence-corrected chi connectivity index (χ0v) is 9.35. The van der Waals surface area contributed by atoms with Gasteiger partial charge in [-0.3, -0.25) is 10.3 Å². The molecule has 0 saturated heterocycles. The lowest BCUT2D eigenvalue weighted by Crippen LogP contribution is -2.25. The van der Waals surface area contributed by atoms with Gasteiger partial charge in [-0.15, -0.1) is 0 Å². The third kappa shape index (κ3) is 6.43. The molecule has 1 unspecified atom stereocenters. The fourth-order valence-electron chi connectivity index (χ4n) is 0.953. The highest BCUT2D eigenvalue weighted by Crippen LogP contribution is 1.99. The number of nitrogens with zero attached hydrogens (tertiary/aromatic N) is 3. The zero-order chi connectivity index (χ0) is 10.3. The molecule has 0 amide bonds.